The van der Waals surface area contributed by atoms with Gasteiger partial charge in [-0.25, -0.2) is 0 Å². The van der Waals surface area contributed by atoms with E-state index in [0.717, 1.165) is 13.0 Å². The van der Waals surface area contributed by atoms with Gasteiger partial charge in [0.15, 0.2) is 0 Å². The summed E-state index contributed by atoms with van der Waals surface area (Å²) < 4.78 is 0. The van der Waals surface area contributed by atoms with Gasteiger partial charge >= 0.3 is 0 Å². The zero-order chi connectivity index (χ0) is 6.95. The molecule has 9 heavy (non-hydrogen) atoms. The largest absolute Gasteiger partial charge is 0.292 e. The van der Waals surface area contributed by atoms with E-state index < -0.39 is 0 Å². The highest BCUT2D eigenvalue weighted by Gasteiger charge is 1.67. The summed E-state index contributed by atoms with van der Waals surface area (Å²) in [5.74, 6) is 0. The average Bonchev–Trinajstić information content (AvgIpc) is 1.89. The third-order valence-electron chi connectivity index (χ3n) is 0.716. The second kappa shape index (κ2) is 7.08. The second-order valence-electron chi connectivity index (χ2n) is 1.54. The van der Waals surface area contributed by atoms with Crippen LogP contribution in [0.2, 0.25) is 0 Å². The molecule has 0 bridgehead atoms. The standard InChI is InChI=1S/C7H12N2/c1-3-5-9-7-6-8-4-2/h4,6-7H,2-3,5H2,1H3/b8-6-,9-7-. The van der Waals surface area contributed by atoms with Gasteiger partial charge < -0.3 is 0 Å². The monoisotopic (exact) mass is 124 g/mol. The van der Waals surface area contributed by atoms with Crippen LogP contribution in [0.15, 0.2) is 22.8 Å². The number of nitrogens with zero attached hydrogens (tertiary/aromatic N) is 2. The molecule has 0 radical (unpaired) electrons. The molecule has 0 atom stereocenters. The van der Waals surface area contributed by atoms with Gasteiger partial charge in [0, 0.05) is 25.2 Å². The molecule has 0 N–H and O–H groups in total. The molecule has 0 rings (SSSR count). The maximum absolute atomic E-state index is 4.01. The predicted molar refractivity (Wildman–Crippen MR) is 42.3 cm³/mol. The lowest BCUT2D eigenvalue weighted by molar-refractivity contribution is 0.938. The first-order chi connectivity index (χ1) is 4.41. The molecule has 0 aliphatic carbocycles. The van der Waals surface area contributed by atoms with Crippen LogP contribution in [0.5, 0.6) is 0 Å². The van der Waals surface area contributed by atoms with E-state index in [-0.39, 0.29) is 0 Å². The van der Waals surface area contributed by atoms with E-state index in [1.165, 1.54) is 6.20 Å². The Labute approximate surface area is 56.0 Å². The molecular formula is C7H12N2. The molecule has 0 aromatic carbocycles. The molecule has 50 valence electrons. The number of hydrogen-bond donors (Lipinski definition) is 0. The van der Waals surface area contributed by atoms with Crippen molar-refractivity contribution in [1.82, 2.24) is 0 Å². The Morgan fingerprint density at radius 2 is 2.22 bits per heavy atom. The fourth-order valence-corrected chi connectivity index (χ4v) is 0.350. The first-order valence-electron chi connectivity index (χ1n) is 3.04. The summed E-state index contributed by atoms with van der Waals surface area (Å²) >= 11 is 0. The molecule has 0 unspecified atom stereocenters. The van der Waals surface area contributed by atoms with Crippen LogP contribution in [0.25, 0.3) is 0 Å². The highest BCUT2D eigenvalue weighted by Crippen LogP contribution is 1.73. The molecule has 0 aliphatic rings. The highest BCUT2D eigenvalue weighted by atomic mass is 14.7. The summed E-state index contributed by atoms with van der Waals surface area (Å²) in [7, 11) is 0. The Bertz CT molecular complexity index is 114. The van der Waals surface area contributed by atoms with Crippen molar-refractivity contribution < 1.29 is 0 Å². The molecule has 0 spiro atoms. The lowest BCUT2D eigenvalue weighted by atomic mass is 10.5. The van der Waals surface area contributed by atoms with E-state index in [1.54, 1.807) is 12.4 Å². The van der Waals surface area contributed by atoms with Crippen LogP contribution in [0.4, 0.5) is 0 Å². The van der Waals surface area contributed by atoms with Gasteiger partial charge in [-0.1, -0.05) is 13.5 Å². The normalized spacial score (nSPS) is 11.2. The number of rotatable bonds is 4. The van der Waals surface area contributed by atoms with Crippen LogP contribution in [0.1, 0.15) is 13.3 Å². The maximum atomic E-state index is 4.01. The molecule has 0 saturated carbocycles. The smallest absolute Gasteiger partial charge is 0.0446 e. The molecule has 0 amide bonds. The summed E-state index contributed by atoms with van der Waals surface area (Å²) in [6, 6.07) is 0. The van der Waals surface area contributed by atoms with Gasteiger partial charge in [0.05, 0.1) is 0 Å². The van der Waals surface area contributed by atoms with E-state index in [2.05, 4.69) is 23.5 Å². The van der Waals surface area contributed by atoms with Crippen molar-refractivity contribution in [3.8, 4) is 0 Å². The molecule has 0 fully saturated rings. The summed E-state index contributed by atoms with van der Waals surface area (Å²) in [4.78, 5) is 7.74. The van der Waals surface area contributed by atoms with Gasteiger partial charge in [-0.05, 0) is 6.42 Å². The first kappa shape index (κ1) is 8.08. The van der Waals surface area contributed by atoms with Crippen LogP contribution < -0.4 is 0 Å². The van der Waals surface area contributed by atoms with Crippen molar-refractivity contribution in [3.05, 3.63) is 12.8 Å². The predicted octanol–water partition coefficient (Wildman–Crippen LogP) is 1.68. The Kier molecular flexibility index (Phi) is 6.36. The van der Waals surface area contributed by atoms with Gasteiger partial charge in [-0.3, -0.25) is 9.98 Å². The van der Waals surface area contributed by atoms with E-state index in [9.17, 15) is 0 Å². The minimum absolute atomic E-state index is 0.878. The molecule has 0 aromatic rings. The summed E-state index contributed by atoms with van der Waals surface area (Å²) in [5, 5.41) is 0. The van der Waals surface area contributed by atoms with Gasteiger partial charge in [0.1, 0.15) is 0 Å². The van der Waals surface area contributed by atoms with Crippen LogP contribution in [0, 0.1) is 0 Å². The van der Waals surface area contributed by atoms with Gasteiger partial charge in [-0.2, -0.15) is 0 Å². The lowest BCUT2D eigenvalue weighted by Gasteiger charge is -1.79. The van der Waals surface area contributed by atoms with Crippen LogP contribution >= 0.6 is 0 Å². The third-order valence-corrected chi connectivity index (χ3v) is 0.716. The molecule has 0 heterocycles. The van der Waals surface area contributed by atoms with E-state index in [4.69, 9.17) is 0 Å². The fourth-order valence-electron chi connectivity index (χ4n) is 0.350. The van der Waals surface area contributed by atoms with Gasteiger partial charge in [0.25, 0.3) is 0 Å². The molecule has 0 aromatic heterocycles. The molecule has 0 aliphatic heterocycles. The molecule has 2 nitrogen and oxygen atoms in total. The fraction of sp³-hybridized carbons (Fsp3) is 0.429. The van der Waals surface area contributed by atoms with Gasteiger partial charge in [-0.15, -0.1) is 0 Å². The Morgan fingerprint density at radius 3 is 2.78 bits per heavy atom. The first-order valence-corrected chi connectivity index (χ1v) is 3.04. The summed E-state index contributed by atoms with van der Waals surface area (Å²) in [6.45, 7) is 6.38. The van der Waals surface area contributed by atoms with Gasteiger partial charge in [0.2, 0.25) is 0 Å². The Balaban J connectivity index is 3.23. The summed E-state index contributed by atoms with van der Waals surface area (Å²) in [6.07, 6.45) is 5.88. The highest BCUT2D eigenvalue weighted by molar-refractivity contribution is 6.16. The Hall–Kier alpha value is -0.920. The van der Waals surface area contributed by atoms with Crippen molar-refractivity contribution in [1.29, 1.82) is 0 Å². The van der Waals surface area contributed by atoms with Crippen molar-refractivity contribution in [2.45, 2.75) is 13.3 Å². The summed E-state index contributed by atoms with van der Waals surface area (Å²) in [5.41, 5.74) is 0. The zero-order valence-corrected chi connectivity index (χ0v) is 5.75. The van der Waals surface area contributed by atoms with Crippen molar-refractivity contribution in [2.75, 3.05) is 6.54 Å². The minimum atomic E-state index is 0.878. The molecule has 0 saturated heterocycles. The third kappa shape index (κ3) is 7.08. The SMILES string of the molecule is C=C/N=C\C=N/CCC. The number of hydrogen-bond acceptors (Lipinski definition) is 2. The molecule has 2 heteroatoms. The van der Waals surface area contributed by atoms with Crippen LogP contribution in [-0.2, 0) is 0 Å². The van der Waals surface area contributed by atoms with Crippen LogP contribution in [-0.4, -0.2) is 19.0 Å². The number of aliphatic imine (C=N–C) groups is 2. The van der Waals surface area contributed by atoms with Crippen molar-refractivity contribution >= 4 is 12.4 Å². The van der Waals surface area contributed by atoms with Crippen molar-refractivity contribution in [2.24, 2.45) is 9.98 Å². The van der Waals surface area contributed by atoms with E-state index in [0.29, 0.717) is 0 Å². The lowest BCUT2D eigenvalue weighted by Crippen LogP contribution is -1.78. The molecular weight excluding hydrogens is 112 g/mol. The zero-order valence-electron chi connectivity index (χ0n) is 5.75. The van der Waals surface area contributed by atoms with Crippen LogP contribution in [0.3, 0.4) is 0 Å². The second-order valence-corrected chi connectivity index (χ2v) is 1.54. The topological polar surface area (TPSA) is 24.7 Å². The van der Waals surface area contributed by atoms with Crippen molar-refractivity contribution in [3.63, 3.8) is 0 Å². The Morgan fingerprint density at radius 1 is 1.44 bits per heavy atom. The van der Waals surface area contributed by atoms with E-state index in [1.807, 2.05) is 0 Å². The average molecular weight is 124 g/mol. The minimum Gasteiger partial charge on any atom is -0.292 e. The quantitative estimate of drug-likeness (QED) is 0.509. The maximum Gasteiger partial charge on any atom is 0.0446 e. The van der Waals surface area contributed by atoms with E-state index >= 15 is 0 Å².